The lowest BCUT2D eigenvalue weighted by Gasteiger charge is -2.34. The molecule has 0 amide bonds. The Labute approximate surface area is 245 Å². The highest BCUT2D eigenvalue weighted by Gasteiger charge is 2.40. The van der Waals surface area contributed by atoms with Gasteiger partial charge in [0.2, 0.25) is 0 Å². The minimum absolute atomic E-state index is 0.0768. The van der Waals surface area contributed by atoms with Crippen molar-refractivity contribution in [1.82, 2.24) is 20.3 Å². The maximum atomic E-state index is 16.7. The molecule has 2 bridgehead atoms. The molecule has 43 heavy (non-hydrogen) atoms. The first-order valence-electron chi connectivity index (χ1n) is 13.6. The summed E-state index contributed by atoms with van der Waals surface area (Å²) in [7, 11) is 0. The minimum Gasteiger partial charge on any atom is -0.462 e. The van der Waals surface area contributed by atoms with E-state index in [1.807, 2.05) is 4.90 Å². The highest BCUT2D eigenvalue weighted by atomic mass is 32.1. The van der Waals surface area contributed by atoms with E-state index in [0.717, 1.165) is 42.4 Å². The second-order valence-corrected chi connectivity index (χ2v) is 12.2. The Bertz CT molecular complexity index is 1790. The summed E-state index contributed by atoms with van der Waals surface area (Å²) in [6.45, 7) is 1.25. The Morgan fingerprint density at radius 1 is 1.16 bits per heavy atom. The fourth-order valence-electron chi connectivity index (χ4n) is 6.19. The Balaban J connectivity index is 1.45. The summed E-state index contributed by atoms with van der Waals surface area (Å²) in [6.07, 6.45) is -2.80. The van der Waals surface area contributed by atoms with Crippen LogP contribution in [-0.4, -0.2) is 59.9 Å². The summed E-state index contributed by atoms with van der Waals surface area (Å²) in [5, 5.41) is 13.0. The Morgan fingerprint density at radius 3 is 2.60 bits per heavy atom. The number of piperazine rings is 1. The van der Waals surface area contributed by atoms with E-state index in [1.165, 1.54) is 0 Å². The first kappa shape index (κ1) is 27.9. The van der Waals surface area contributed by atoms with E-state index in [0.29, 0.717) is 26.1 Å². The average Bonchev–Trinajstić information content (AvgIpc) is 3.70. The molecule has 0 radical (unpaired) electrons. The van der Waals surface area contributed by atoms with Crippen molar-refractivity contribution in [1.29, 1.82) is 5.26 Å². The van der Waals surface area contributed by atoms with E-state index in [4.69, 9.17) is 15.2 Å². The van der Waals surface area contributed by atoms with Crippen LogP contribution in [0.15, 0.2) is 18.2 Å². The van der Waals surface area contributed by atoms with E-state index in [9.17, 15) is 22.8 Å². The Kier molecular flexibility index (Phi) is 6.56. The van der Waals surface area contributed by atoms with Crippen LogP contribution in [0.2, 0.25) is 0 Å². The number of nitrogens with zero attached hydrogens (tertiary/aromatic N) is 5. The predicted octanol–water partition coefficient (Wildman–Crippen LogP) is 5.04. The van der Waals surface area contributed by atoms with E-state index in [2.05, 4.69) is 26.3 Å². The number of rotatable bonds is 5. The van der Waals surface area contributed by atoms with Crippen LogP contribution in [0, 0.1) is 28.4 Å². The fourth-order valence-corrected chi connectivity index (χ4v) is 6.96. The number of ether oxygens (including phenoxy) is 2. The SMILES string of the molecule is N#CC1(COc2nc(N3CC4CCC(C3)N4)c3cc(C(F)(F)F)c(-c4ccc(F)c5sc(N)nc45)c(F)c3n2)CCOC1. The van der Waals surface area contributed by atoms with Crippen molar-refractivity contribution in [3.05, 3.63) is 35.4 Å². The zero-order chi connectivity index (χ0) is 30.1. The molecule has 5 heterocycles. The van der Waals surface area contributed by atoms with E-state index >= 15 is 4.39 Å². The van der Waals surface area contributed by atoms with E-state index in [1.54, 1.807) is 0 Å². The topological polar surface area (TPSA) is 122 Å². The van der Waals surface area contributed by atoms with Crippen LogP contribution in [0.5, 0.6) is 6.01 Å². The number of nitrogen functional groups attached to an aromatic ring is 1. The second kappa shape index (κ2) is 10.1. The van der Waals surface area contributed by atoms with Gasteiger partial charge in [-0.2, -0.15) is 28.4 Å². The highest BCUT2D eigenvalue weighted by Crippen LogP contribution is 2.46. The first-order chi connectivity index (χ1) is 20.5. The van der Waals surface area contributed by atoms with Crippen molar-refractivity contribution in [2.75, 3.05) is 43.5 Å². The molecule has 4 aromatic rings. The lowest BCUT2D eigenvalue weighted by molar-refractivity contribution is -0.137. The fraction of sp³-hybridized carbons (Fsp3) is 0.429. The van der Waals surface area contributed by atoms with E-state index in [-0.39, 0.29) is 63.4 Å². The smallest absolute Gasteiger partial charge is 0.417 e. The normalized spacial score (nSPS) is 23.8. The molecule has 3 atom stereocenters. The number of alkyl halides is 3. The third-order valence-electron chi connectivity index (χ3n) is 8.31. The molecule has 3 aliphatic rings. The zero-order valence-corrected chi connectivity index (χ0v) is 23.3. The zero-order valence-electron chi connectivity index (χ0n) is 22.5. The average molecular weight is 618 g/mol. The molecule has 0 saturated carbocycles. The van der Waals surface area contributed by atoms with Crippen LogP contribution in [0.3, 0.4) is 0 Å². The van der Waals surface area contributed by atoms with Crippen molar-refractivity contribution in [3.63, 3.8) is 0 Å². The van der Waals surface area contributed by atoms with Crippen molar-refractivity contribution in [3.8, 4) is 23.2 Å². The monoisotopic (exact) mass is 617 g/mol. The van der Waals surface area contributed by atoms with Gasteiger partial charge in [-0.15, -0.1) is 0 Å². The third kappa shape index (κ3) is 4.77. The van der Waals surface area contributed by atoms with Crippen LogP contribution in [0.25, 0.3) is 32.2 Å². The van der Waals surface area contributed by atoms with Crippen molar-refractivity contribution in [2.24, 2.45) is 5.41 Å². The number of thiazole rings is 1. The number of benzene rings is 2. The number of anilines is 2. The van der Waals surface area contributed by atoms with Gasteiger partial charge in [0, 0.05) is 48.3 Å². The number of hydrogen-bond acceptors (Lipinski definition) is 10. The number of hydrogen-bond donors (Lipinski definition) is 2. The summed E-state index contributed by atoms with van der Waals surface area (Å²) in [4.78, 5) is 14.6. The van der Waals surface area contributed by atoms with Gasteiger partial charge in [-0.05, 0) is 37.5 Å². The lowest BCUT2D eigenvalue weighted by atomic mass is 9.91. The van der Waals surface area contributed by atoms with Gasteiger partial charge in [-0.1, -0.05) is 11.3 Å². The largest absolute Gasteiger partial charge is 0.462 e. The molecule has 0 spiro atoms. The molecule has 2 aromatic carbocycles. The molecule has 3 N–H and O–H groups in total. The molecule has 15 heteroatoms. The molecule has 3 aliphatic heterocycles. The summed E-state index contributed by atoms with van der Waals surface area (Å²) in [5.41, 5.74) is 1.84. The number of nitrogens with one attached hydrogen (secondary N) is 1. The van der Waals surface area contributed by atoms with Gasteiger partial charge in [0.15, 0.2) is 10.9 Å². The minimum atomic E-state index is -5.00. The molecular weight excluding hydrogens is 593 g/mol. The molecule has 3 unspecified atom stereocenters. The standard InChI is InChI=1S/C28H24F5N7O2S/c29-18-4-3-15(22-23(18)43-25(35)37-22)19-17(28(31,32)33)7-16-21(20(19)30)38-26(42-12-27(10-34)5-6-41-11-27)39-24(16)40-8-13-1-2-14(9-40)36-13/h3-4,7,13-14,36H,1-2,5-6,8-9,11-12H2,(H2,35,37). The number of fused-ring (bicyclic) bond motifs is 4. The van der Waals surface area contributed by atoms with Crippen LogP contribution in [-0.2, 0) is 10.9 Å². The molecule has 2 aromatic heterocycles. The van der Waals surface area contributed by atoms with Gasteiger partial charge >= 0.3 is 12.2 Å². The van der Waals surface area contributed by atoms with Crippen molar-refractivity contribution >= 4 is 43.4 Å². The van der Waals surface area contributed by atoms with Gasteiger partial charge in [0.25, 0.3) is 0 Å². The van der Waals surface area contributed by atoms with Crippen LogP contribution >= 0.6 is 11.3 Å². The molecule has 7 rings (SSSR count). The molecule has 3 saturated heterocycles. The van der Waals surface area contributed by atoms with Crippen molar-refractivity contribution in [2.45, 2.75) is 37.5 Å². The number of nitriles is 1. The Morgan fingerprint density at radius 2 is 1.93 bits per heavy atom. The van der Waals surface area contributed by atoms with E-state index < -0.39 is 39.9 Å². The van der Waals surface area contributed by atoms with Gasteiger partial charge in [-0.25, -0.2) is 13.8 Å². The molecule has 0 aliphatic carbocycles. The van der Waals surface area contributed by atoms with Crippen LogP contribution < -0.4 is 20.7 Å². The maximum absolute atomic E-state index is 16.7. The molecule has 9 nitrogen and oxygen atoms in total. The van der Waals surface area contributed by atoms with Crippen molar-refractivity contribution < 1.29 is 31.4 Å². The number of nitrogens with two attached hydrogens (primary N) is 1. The predicted molar refractivity (Wildman–Crippen MR) is 149 cm³/mol. The lowest BCUT2D eigenvalue weighted by Crippen LogP contribution is -2.51. The van der Waals surface area contributed by atoms with Gasteiger partial charge in [0.1, 0.15) is 29.2 Å². The van der Waals surface area contributed by atoms with Crippen LogP contribution in [0.1, 0.15) is 24.8 Å². The summed E-state index contributed by atoms with van der Waals surface area (Å²) < 4.78 is 86.4. The van der Waals surface area contributed by atoms with Gasteiger partial charge in [-0.3, -0.25) is 0 Å². The highest BCUT2D eigenvalue weighted by molar-refractivity contribution is 7.22. The molecule has 224 valence electrons. The summed E-state index contributed by atoms with van der Waals surface area (Å²) in [6, 6.07) is 4.97. The van der Waals surface area contributed by atoms with Gasteiger partial charge < -0.3 is 25.4 Å². The molecule has 3 fully saturated rings. The van der Waals surface area contributed by atoms with Crippen LogP contribution in [0.4, 0.5) is 32.9 Å². The Hall–Kier alpha value is -3.87. The third-order valence-corrected chi connectivity index (χ3v) is 9.20. The van der Waals surface area contributed by atoms with Gasteiger partial charge in [0.05, 0.1) is 28.5 Å². The summed E-state index contributed by atoms with van der Waals surface area (Å²) in [5.74, 6) is -1.92. The number of halogens is 5. The second-order valence-electron chi connectivity index (χ2n) is 11.2. The first-order valence-corrected chi connectivity index (χ1v) is 14.5. The summed E-state index contributed by atoms with van der Waals surface area (Å²) >= 11 is 0.754. The quantitative estimate of drug-likeness (QED) is 0.297. The maximum Gasteiger partial charge on any atom is 0.417 e. The number of aromatic nitrogens is 3. The molecular formula is C28H24F5N7O2S.